The van der Waals surface area contributed by atoms with E-state index in [1.54, 1.807) is 13.8 Å². The molecule has 0 aromatic rings. The molecule has 0 aromatic carbocycles. The predicted octanol–water partition coefficient (Wildman–Crippen LogP) is 1.73. The molecule has 0 aliphatic carbocycles. The van der Waals surface area contributed by atoms with Crippen LogP contribution >= 0.6 is 0 Å². The Morgan fingerprint density at radius 1 is 1.16 bits per heavy atom. The maximum atomic E-state index is 13.0. The molecule has 19 heavy (non-hydrogen) atoms. The normalized spacial score (nSPS) is 17.6. The summed E-state index contributed by atoms with van der Waals surface area (Å²) in [6.45, 7) is 2.68. The Balaban J connectivity index is 4.82. The van der Waals surface area contributed by atoms with Gasteiger partial charge in [0.1, 0.15) is 6.61 Å². The third kappa shape index (κ3) is 4.26. The fourth-order valence-electron chi connectivity index (χ4n) is 0.944. The Morgan fingerprint density at radius 3 is 1.89 bits per heavy atom. The fourth-order valence-corrected chi connectivity index (χ4v) is 1.38. The van der Waals surface area contributed by atoms with Crippen LogP contribution in [0.1, 0.15) is 20.8 Å². The van der Waals surface area contributed by atoms with E-state index in [0.29, 0.717) is 0 Å². The number of aliphatic hydroxyl groups is 1. The van der Waals surface area contributed by atoms with E-state index in [2.05, 4.69) is 4.74 Å². The van der Waals surface area contributed by atoms with Gasteiger partial charge in [0, 0.05) is 5.92 Å². The van der Waals surface area contributed by atoms with Gasteiger partial charge in [0.2, 0.25) is 0 Å². The molecule has 2 N–H and O–H groups in total. The smallest absolute Gasteiger partial charge is 0.368 e. The summed E-state index contributed by atoms with van der Waals surface area (Å²) < 4.78 is 84.1. The van der Waals surface area contributed by atoms with E-state index in [1.165, 1.54) is 6.92 Å². The van der Waals surface area contributed by atoms with Crippen LogP contribution in [0.5, 0.6) is 0 Å². The molecule has 0 heterocycles. The molecule has 0 fully saturated rings. The first-order valence-electron chi connectivity index (χ1n) is 5.26. The molecule has 0 radical (unpaired) electrons. The van der Waals surface area contributed by atoms with E-state index < -0.39 is 40.1 Å². The molecule has 0 saturated heterocycles. The van der Waals surface area contributed by atoms with Crippen LogP contribution in [-0.4, -0.2) is 42.2 Å². The highest BCUT2D eigenvalue weighted by molar-refractivity contribution is 7.87. The van der Waals surface area contributed by atoms with Crippen molar-refractivity contribution in [3.05, 3.63) is 0 Å². The number of ether oxygens (including phenoxy) is 1. The lowest BCUT2D eigenvalue weighted by molar-refractivity contribution is -0.234. The fraction of sp³-hybridized carbons (Fsp3) is 1.00. The molecule has 0 rings (SSSR count). The summed E-state index contributed by atoms with van der Waals surface area (Å²) in [4.78, 5) is 0. The van der Waals surface area contributed by atoms with Gasteiger partial charge in [-0.15, -0.1) is 0 Å². The van der Waals surface area contributed by atoms with E-state index >= 15 is 0 Å². The molecule has 0 spiro atoms. The first kappa shape index (κ1) is 18.6. The van der Waals surface area contributed by atoms with Gasteiger partial charge in [-0.2, -0.15) is 26.0 Å². The molecular weight excluding hydrogens is 296 g/mol. The molecule has 2 atom stereocenters. The van der Waals surface area contributed by atoms with Crippen molar-refractivity contribution in [1.82, 2.24) is 0 Å². The van der Waals surface area contributed by atoms with Gasteiger partial charge in [0.05, 0.1) is 0 Å². The monoisotopic (exact) mass is 312 g/mol. The van der Waals surface area contributed by atoms with Gasteiger partial charge in [-0.1, -0.05) is 20.8 Å². The van der Waals surface area contributed by atoms with Gasteiger partial charge in [0.25, 0.3) is 0 Å². The Kier molecular flexibility index (Phi) is 5.76. The zero-order valence-corrected chi connectivity index (χ0v) is 11.3. The molecule has 0 bridgehead atoms. The van der Waals surface area contributed by atoms with E-state index in [-0.39, 0.29) is 5.92 Å². The highest BCUT2D eigenvalue weighted by atomic mass is 32.2. The Hall–Kier alpha value is -0.450. The largest absolute Gasteiger partial charge is 0.433 e. The maximum absolute atomic E-state index is 13.0. The first-order valence-corrected chi connectivity index (χ1v) is 6.70. The lowest BCUT2D eigenvalue weighted by atomic mass is 9.98. The molecule has 0 aliphatic rings. The number of aliphatic hydroxyl groups excluding tert-OH is 1. The SMILES string of the molecule is CC(C)C(C)C(O)OCC(F)(F)C(F)(F)S(=O)(=O)O. The van der Waals surface area contributed by atoms with Crippen molar-refractivity contribution in [2.75, 3.05) is 6.61 Å². The first-order chi connectivity index (χ1) is 8.24. The summed E-state index contributed by atoms with van der Waals surface area (Å²) in [5, 5.41) is 3.61. The zero-order valence-electron chi connectivity index (χ0n) is 10.5. The Morgan fingerprint density at radius 2 is 1.58 bits per heavy atom. The molecule has 0 amide bonds. The Labute approximate surface area is 108 Å². The van der Waals surface area contributed by atoms with Crippen molar-refractivity contribution in [2.24, 2.45) is 11.8 Å². The number of hydrogen-bond acceptors (Lipinski definition) is 4. The van der Waals surface area contributed by atoms with E-state index in [0.717, 1.165) is 0 Å². The molecule has 10 heteroatoms. The predicted molar refractivity (Wildman–Crippen MR) is 57.4 cm³/mol. The number of rotatable bonds is 7. The van der Waals surface area contributed by atoms with Crippen LogP contribution in [0.3, 0.4) is 0 Å². The van der Waals surface area contributed by atoms with Gasteiger partial charge >= 0.3 is 21.3 Å². The second kappa shape index (κ2) is 5.90. The Bertz CT molecular complexity index is 395. The summed E-state index contributed by atoms with van der Waals surface area (Å²) in [6.07, 6.45) is -1.76. The van der Waals surface area contributed by atoms with Crippen LogP contribution in [0.25, 0.3) is 0 Å². The average Bonchev–Trinajstić information content (AvgIpc) is 2.22. The van der Waals surface area contributed by atoms with Crippen molar-refractivity contribution in [3.63, 3.8) is 0 Å². The highest BCUT2D eigenvalue weighted by Crippen LogP contribution is 2.38. The van der Waals surface area contributed by atoms with E-state index in [4.69, 9.17) is 4.55 Å². The molecule has 0 saturated carbocycles. The second-order valence-corrected chi connectivity index (χ2v) is 5.96. The topological polar surface area (TPSA) is 83.8 Å². The van der Waals surface area contributed by atoms with Crippen molar-refractivity contribution in [3.8, 4) is 0 Å². The molecule has 2 unspecified atom stereocenters. The minimum atomic E-state index is -6.29. The van der Waals surface area contributed by atoms with Crippen molar-refractivity contribution >= 4 is 10.1 Å². The molecule has 5 nitrogen and oxygen atoms in total. The van der Waals surface area contributed by atoms with Gasteiger partial charge in [-0.05, 0) is 5.92 Å². The van der Waals surface area contributed by atoms with Crippen molar-refractivity contribution in [1.29, 1.82) is 0 Å². The van der Waals surface area contributed by atoms with Crippen molar-refractivity contribution < 1.29 is 40.4 Å². The van der Waals surface area contributed by atoms with Gasteiger partial charge < -0.3 is 9.84 Å². The molecule has 0 aromatic heterocycles. The summed E-state index contributed by atoms with van der Waals surface area (Å²) in [7, 11) is -6.29. The van der Waals surface area contributed by atoms with Gasteiger partial charge in [-0.25, -0.2) is 0 Å². The molecule has 0 aliphatic heterocycles. The van der Waals surface area contributed by atoms with E-state index in [9.17, 15) is 31.1 Å². The van der Waals surface area contributed by atoms with Crippen LogP contribution < -0.4 is 0 Å². The zero-order chi connectivity index (χ0) is 15.6. The number of halogens is 4. The minimum Gasteiger partial charge on any atom is -0.368 e. The lowest BCUT2D eigenvalue weighted by Gasteiger charge is -2.27. The van der Waals surface area contributed by atoms with Crippen molar-refractivity contribution in [2.45, 2.75) is 38.2 Å². The minimum absolute atomic E-state index is 0.175. The standard InChI is InChI=1S/C9H16F4O5S/c1-5(2)6(3)7(14)18-4-8(10,11)9(12,13)19(15,16)17/h5-7,14H,4H2,1-3H3,(H,15,16,17). The second-order valence-electron chi connectivity index (χ2n) is 4.50. The summed E-state index contributed by atoms with van der Waals surface area (Å²) in [6, 6.07) is 0. The molecular formula is C9H16F4O5S. The third-order valence-electron chi connectivity index (χ3n) is 2.69. The lowest BCUT2D eigenvalue weighted by Crippen LogP contribution is -2.50. The van der Waals surface area contributed by atoms with E-state index in [1.807, 2.05) is 0 Å². The third-order valence-corrected chi connectivity index (χ3v) is 3.63. The van der Waals surface area contributed by atoms with Gasteiger partial charge in [0.15, 0.2) is 6.29 Å². The quantitative estimate of drug-likeness (QED) is 0.425. The summed E-state index contributed by atoms with van der Waals surface area (Å²) >= 11 is 0. The summed E-state index contributed by atoms with van der Waals surface area (Å²) in [5.74, 6) is -5.97. The average molecular weight is 312 g/mol. The van der Waals surface area contributed by atoms with Crippen LogP contribution in [0.2, 0.25) is 0 Å². The maximum Gasteiger partial charge on any atom is 0.433 e. The summed E-state index contributed by atoms with van der Waals surface area (Å²) in [5.41, 5.74) is 0. The number of alkyl halides is 4. The molecule has 116 valence electrons. The van der Waals surface area contributed by atoms with Gasteiger partial charge in [-0.3, -0.25) is 4.55 Å². The number of hydrogen-bond donors (Lipinski definition) is 2. The van der Waals surface area contributed by atoms with Crippen LogP contribution in [-0.2, 0) is 14.9 Å². The highest BCUT2D eigenvalue weighted by Gasteiger charge is 2.66. The van der Waals surface area contributed by atoms with Crippen LogP contribution in [0.4, 0.5) is 17.6 Å². The van der Waals surface area contributed by atoms with Crippen LogP contribution in [0, 0.1) is 11.8 Å². The van der Waals surface area contributed by atoms with Crippen LogP contribution in [0.15, 0.2) is 0 Å².